The van der Waals surface area contributed by atoms with Crippen molar-refractivity contribution >= 4 is 17.5 Å². The van der Waals surface area contributed by atoms with Crippen LogP contribution in [0.25, 0.3) is 0 Å². The lowest BCUT2D eigenvalue weighted by molar-refractivity contribution is 0.0916. The van der Waals surface area contributed by atoms with Crippen molar-refractivity contribution in [3.05, 3.63) is 46.3 Å². The number of aryl methyl sites for hydroxylation is 2. The molecule has 0 saturated heterocycles. The Balaban J connectivity index is 1.76. The maximum atomic E-state index is 12.4. The summed E-state index contributed by atoms with van der Waals surface area (Å²) in [5, 5.41) is 7.15. The van der Waals surface area contributed by atoms with E-state index in [9.17, 15) is 9.59 Å². The largest absolute Gasteiger partial charge is 0.469 e. The summed E-state index contributed by atoms with van der Waals surface area (Å²) in [6, 6.07) is 1.60. The Bertz CT molecular complexity index is 894. The first-order chi connectivity index (χ1) is 13.5. The molecule has 150 valence electrons. The standard InChI is InChI=1S/C20H25N3O5/c1-12-17-15(22-23-19(24)14-8-11-27-13(14)2)6-4-7-16(17)28-18(12)20(25)21-9-5-10-26-3/h8,11H,4-7,9-10H2,1-3H3,(H,21,25)(H,23,24)/b22-15+. The Morgan fingerprint density at radius 2 is 2.07 bits per heavy atom. The Labute approximate surface area is 163 Å². The van der Waals surface area contributed by atoms with Gasteiger partial charge < -0.3 is 18.9 Å². The first kappa shape index (κ1) is 19.9. The van der Waals surface area contributed by atoms with Gasteiger partial charge in [0.05, 0.1) is 17.5 Å². The SMILES string of the molecule is COCCCNC(=O)c1oc2c(c1C)/C(=N/NC(=O)c1ccoc1C)CCC2. The number of hydrazone groups is 1. The molecule has 0 aliphatic heterocycles. The second-order valence-electron chi connectivity index (χ2n) is 6.70. The van der Waals surface area contributed by atoms with Gasteiger partial charge in [0.2, 0.25) is 0 Å². The van der Waals surface area contributed by atoms with Crippen molar-refractivity contribution in [2.45, 2.75) is 39.5 Å². The fraction of sp³-hybridized carbons (Fsp3) is 0.450. The van der Waals surface area contributed by atoms with Crippen molar-refractivity contribution in [3.8, 4) is 0 Å². The van der Waals surface area contributed by atoms with E-state index in [-0.39, 0.29) is 11.8 Å². The minimum absolute atomic E-state index is 0.250. The van der Waals surface area contributed by atoms with Crippen LogP contribution in [0.1, 0.15) is 62.8 Å². The number of nitrogens with zero attached hydrogens (tertiary/aromatic N) is 1. The van der Waals surface area contributed by atoms with Gasteiger partial charge in [-0.05, 0) is 39.2 Å². The van der Waals surface area contributed by atoms with E-state index in [1.807, 2.05) is 6.92 Å². The number of furan rings is 2. The number of rotatable bonds is 7. The van der Waals surface area contributed by atoms with E-state index in [1.54, 1.807) is 20.1 Å². The molecule has 2 amide bonds. The molecule has 0 saturated carbocycles. The average molecular weight is 387 g/mol. The topological polar surface area (TPSA) is 106 Å². The fourth-order valence-corrected chi connectivity index (χ4v) is 3.29. The van der Waals surface area contributed by atoms with E-state index in [4.69, 9.17) is 13.6 Å². The van der Waals surface area contributed by atoms with Crippen LogP contribution in [0.15, 0.2) is 26.3 Å². The summed E-state index contributed by atoms with van der Waals surface area (Å²) >= 11 is 0. The third kappa shape index (κ3) is 4.17. The van der Waals surface area contributed by atoms with Crippen LogP contribution in [0, 0.1) is 13.8 Å². The van der Waals surface area contributed by atoms with Gasteiger partial charge in [-0.3, -0.25) is 9.59 Å². The number of carbonyl (C=O) groups is 2. The predicted octanol–water partition coefficient (Wildman–Crippen LogP) is 2.73. The van der Waals surface area contributed by atoms with E-state index in [2.05, 4.69) is 15.8 Å². The van der Waals surface area contributed by atoms with Crippen molar-refractivity contribution in [3.63, 3.8) is 0 Å². The van der Waals surface area contributed by atoms with E-state index < -0.39 is 0 Å². The summed E-state index contributed by atoms with van der Waals surface area (Å²) in [5.74, 6) is 0.991. The first-order valence-corrected chi connectivity index (χ1v) is 9.33. The Morgan fingerprint density at radius 3 is 2.79 bits per heavy atom. The van der Waals surface area contributed by atoms with Gasteiger partial charge >= 0.3 is 0 Å². The molecule has 0 radical (unpaired) electrons. The summed E-state index contributed by atoms with van der Waals surface area (Å²) in [6.07, 6.45) is 4.48. The van der Waals surface area contributed by atoms with Crippen LogP contribution in [0.5, 0.6) is 0 Å². The Hall–Kier alpha value is -2.87. The Morgan fingerprint density at radius 1 is 1.25 bits per heavy atom. The maximum absolute atomic E-state index is 12.4. The number of hydrogen-bond acceptors (Lipinski definition) is 6. The van der Waals surface area contributed by atoms with E-state index in [0.29, 0.717) is 36.7 Å². The molecule has 0 aromatic carbocycles. The zero-order valence-electron chi connectivity index (χ0n) is 16.4. The highest BCUT2D eigenvalue weighted by Crippen LogP contribution is 2.29. The average Bonchev–Trinajstić information content (AvgIpc) is 3.27. The Kier molecular flexibility index (Phi) is 6.30. The second-order valence-corrected chi connectivity index (χ2v) is 6.70. The monoisotopic (exact) mass is 387 g/mol. The van der Waals surface area contributed by atoms with Gasteiger partial charge in [-0.15, -0.1) is 0 Å². The number of methoxy groups -OCH3 is 1. The molecule has 2 N–H and O–H groups in total. The molecule has 2 aromatic heterocycles. The molecule has 8 heteroatoms. The third-order valence-electron chi connectivity index (χ3n) is 4.74. The smallest absolute Gasteiger partial charge is 0.287 e. The van der Waals surface area contributed by atoms with Crippen LogP contribution in [-0.2, 0) is 11.2 Å². The number of carbonyl (C=O) groups excluding carboxylic acids is 2. The van der Waals surface area contributed by atoms with Gasteiger partial charge in [-0.2, -0.15) is 5.10 Å². The molecule has 8 nitrogen and oxygen atoms in total. The van der Waals surface area contributed by atoms with Gasteiger partial charge in [0.1, 0.15) is 11.5 Å². The molecule has 3 rings (SSSR count). The molecule has 0 unspecified atom stereocenters. The fourth-order valence-electron chi connectivity index (χ4n) is 3.29. The lowest BCUT2D eigenvalue weighted by Gasteiger charge is -2.13. The van der Waals surface area contributed by atoms with E-state index >= 15 is 0 Å². The highest BCUT2D eigenvalue weighted by molar-refractivity contribution is 6.07. The first-order valence-electron chi connectivity index (χ1n) is 9.33. The summed E-state index contributed by atoms with van der Waals surface area (Å²) < 4.78 is 16.0. The molecule has 0 atom stereocenters. The molecule has 1 aliphatic carbocycles. The normalized spacial score (nSPS) is 14.8. The number of ether oxygens (including phenoxy) is 1. The summed E-state index contributed by atoms with van der Waals surface area (Å²) in [7, 11) is 1.63. The van der Waals surface area contributed by atoms with Crippen LogP contribution in [0.2, 0.25) is 0 Å². The molecule has 0 fully saturated rings. The summed E-state index contributed by atoms with van der Waals surface area (Å²) in [6.45, 7) is 4.66. The van der Waals surface area contributed by atoms with E-state index in [1.165, 1.54) is 6.26 Å². The number of amides is 2. The predicted molar refractivity (Wildman–Crippen MR) is 103 cm³/mol. The zero-order valence-corrected chi connectivity index (χ0v) is 16.4. The number of fused-ring (bicyclic) bond motifs is 1. The van der Waals surface area contributed by atoms with Crippen molar-refractivity contribution in [2.24, 2.45) is 5.10 Å². The summed E-state index contributed by atoms with van der Waals surface area (Å²) in [5.41, 5.74) is 5.31. The molecule has 1 aliphatic rings. The number of hydrogen-bond donors (Lipinski definition) is 2. The van der Waals surface area contributed by atoms with Crippen LogP contribution < -0.4 is 10.7 Å². The van der Waals surface area contributed by atoms with Crippen LogP contribution in [0.4, 0.5) is 0 Å². The molecule has 0 bridgehead atoms. The highest BCUT2D eigenvalue weighted by atomic mass is 16.5. The van der Waals surface area contributed by atoms with Crippen molar-refractivity contribution in [2.75, 3.05) is 20.3 Å². The zero-order chi connectivity index (χ0) is 20.1. The van der Waals surface area contributed by atoms with Crippen molar-refractivity contribution in [1.29, 1.82) is 0 Å². The van der Waals surface area contributed by atoms with Gasteiger partial charge in [0, 0.05) is 37.8 Å². The maximum Gasteiger partial charge on any atom is 0.287 e. The van der Waals surface area contributed by atoms with Crippen LogP contribution in [0.3, 0.4) is 0 Å². The molecule has 2 aromatic rings. The van der Waals surface area contributed by atoms with Crippen molar-refractivity contribution < 1.29 is 23.2 Å². The lowest BCUT2D eigenvalue weighted by Crippen LogP contribution is -2.25. The molecule has 28 heavy (non-hydrogen) atoms. The quantitative estimate of drug-likeness (QED) is 0.561. The molecular formula is C20H25N3O5. The minimum Gasteiger partial charge on any atom is -0.469 e. The van der Waals surface area contributed by atoms with E-state index in [0.717, 1.165) is 41.9 Å². The van der Waals surface area contributed by atoms with Crippen LogP contribution in [-0.4, -0.2) is 37.8 Å². The third-order valence-corrected chi connectivity index (χ3v) is 4.74. The molecular weight excluding hydrogens is 362 g/mol. The van der Waals surface area contributed by atoms with Gasteiger partial charge in [0.15, 0.2) is 5.76 Å². The minimum atomic E-state index is -0.330. The highest BCUT2D eigenvalue weighted by Gasteiger charge is 2.28. The number of nitrogens with one attached hydrogen (secondary N) is 2. The van der Waals surface area contributed by atoms with Gasteiger partial charge in [-0.25, -0.2) is 5.43 Å². The lowest BCUT2D eigenvalue weighted by atomic mass is 9.93. The van der Waals surface area contributed by atoms with Gasteiger partial charge in [-0.1, -0.05) is 0 Å². The van der Waals surface area contributed by atoms with Crippen LogP contribution >= 0.6 is 0 Å². The molecule has 2 heterocycles. The van der Waals surface area contributed by atoms with Crippen molar-refractivity contribution in [1.82, 2.24) is 10.7 Å². The second kappa shape index (κ2) is 8.88. The van der Waals surface area contributed by atoms with Gasteiger partial charge in [0.25, 0.3) is 11.8 Å². The molecule has 0 spiro atoms. The summed E-state index contributed by atoms with van der Waals surface area (Å²) in [4.78, 5) is 24.7.